The van der Waals surface area contributed by atoms with E-state index >= 15 is 0 Å². The van der Waals surface area contributed by atoms with Crippen LogP contribution in [0.5, 0.6) is 0 Å². The van der Waals surface area contributed by atoms with E-state index in [4.69, 9.17) is 46.0 Å². The molecular weight excluding hydrogens is 663 g/mol. The normalized spacial score (nSPS) is 19.1. The van der Waals surface area contributed by atoms with E-state index in [0.29, 0.717) is 18.3 Å². The van der Waals surface area contributed by atoms with Gasteiger partial charge >= 0.3 is 29.6 Å². The van der Waals surface area contributed by atoms with Crippen LogP contribution in [-0.4, -0.2) is 134 Å². The zero-order valence-electron chi connectivity index (χ0n) is 30.6. The summed E-state index contributed by atoms with van der Waals surface area (Å²) in [6.45, 7) is 8.82. The molecule has 0 amide bonds. The van der Waals surface area contributed by atoms with Gasteiger partial charge in [0.15, 0.2) is 0 Å². The standard InChI is InChI=1S/C12H26O4S.C10H20O.C5H12O5.C3H8O3.C2H6O.Na/c1-2-3-4-5-6-7-8-9-10-11-12-16-17(13,14)15;1-7(2)9-5-4-8(3)6-10(9)11;6-1-3(8)5(10)4(9)2-7;4-1-3(6)2-5;1-2-3;/h2-12H2,1H3,(H,13,14,15);7-11H,4-6H2,1-3H3;3-10H,1-2H2;3-6H,1-2H2;3H,2H2,1H3;/q;;;;;+1/p-1. The Kier molecular flexibility index (Phi) is 48.5. The van der Waals surface area contributed by atoms with E-state index < -0.39 is 48.0 Å². The van der Waals surface area contributed by atoms with Gasteiger partial charge < -0.3 is 55.6 Å². The summed E-state index contributed by atoms with van der Waals surface area (Å²) in [4.78, 5) is 0. The molecule has 48 heavy (non-hydrogen) atoms. The molecule has 1 aliphatic carbocycles. The van der Waals surface area contributed by atoms with Crippen LogP contribution in [-0.2, 0) is 14.6 Å². The smallest absolute Gasteiger partial charge is 0.726 e. The van der Waals surface area contributed by atoms with Crippen molar-refractivity contribution in [1.29, 1.82) is 0 Å². The predicted molar refractivity (Wildman–Crippen MR) is 180 cm³/mol. The summed E-state index contributed by atoms with van der Waals surface area (Å²) in [5.74, 6) is 1.95. The van der Waals surface area contributed by atoms with E-state index in [1.807, 2.05) is 0 Å². The molecule has 0 saturated heterocycles. The van der Waals surface area contributed by atoms with Gasteiger partial charge in [-0.2, -0.15) is 0 Å². The second kappa shape index (κ2) is 40.2. The van der Waals surface area contributed by atoms with Crippen LogP contribution in [0.1, 0.15) is 118 Å². The summed E-state index contributed by atoms with van der Waals surface area (Å²) in [5, 5.41) is 83.9. The maximum absolute atomic E-state index is 10.1. The average Bonchev–Trinajstić information content (AvgIpc) is 3.02. The summed E-state index contributed by atoms with van der Waals surface area (Å²) >= 11 is 0. The zero-order chi connectivity index (χ0) is 37.3. The van der Waals surface area contributed by atoms with Crippen molar-refractivity contribution in [3.63, 3.8) is 0 Å². The van der Waals surface area contributed by atoms with E-state index in [1.165, 1.54) is 57.8 Å². The van der Waals surface area contributed by atoms with Crippen molar-refractivity contribution in [2.75, 3.05) is 39.6 Å². The molecule has 0 aliphatic heterocycles. The largest absolute Gasteiger partial charge is 1.00 e. The fraction of sp³-hybridized carbons (Fsp3) is 1.00. The molecule has 16 heteroatoms. The number of aliphatic hydroxyl groups is 10. The Labute approximate surface area is 312 Å². The maximum atomic E-state index is 10.1. The average molecular weight is 735 g/mol. The van der Waals surface area contributed by atoms with Crippen LogP contribution in [0.3, 0.4) is 0 Å². The Morgan fingerprint density at radius 1 is 0.729 bits per heavy atom. The third kappa shape index (κ3) is 42.6. The maximum Gasteiger partial charge on any atom is 1.00 e. The van der Waals surface area contributed by atoms with Gasteiger partial charge in [-0.1, -0.05) is 91.9 Å². The Balaban J connectivity index is -0.000000174. The molecule has 0 bridgehead atoms. The van der Waals surface area contributed by atoms with Crippen molar-refractivity contribution in [3.05, 3.63) is 0 Å². The topological polar surface area (TPSA) is 269 Å². The van der Waals surface area contributed by atoms with Gasteiger partial charge in [0.2, 0.25) is 10.4 Å². The number of hydrogen-bond donors (Lipinski definition) is 10. The molecule has 0 aromatic carbocycles. The Bertz CT molecular complexity index is 707. The Hall–Kier alpha value is 0.470. The molecule has 0 aromatic heterocycles. The molecule has 0 spiro atoms. The summed E-state index contributed by atoms with van der Waals surface area (Å²) in [5.41, 5.74) is 0. The van der Waals surface area contributed by atoms with Gasteiger partial charge in [0.25, 0.3) is 0 Å². The Morgan fingerprint density at radius 3 is 1.42 bits per heavy atom. The van der Waals surface area contributed by atoms with Crippen LogP contribution < -0.4 is 29.6 Å². The van der Waals surface area contributed by atoms with Crippen molar-refractivity contribution >= 4 is 10.4 Å². The van der Waals surface area contributed by atoms with Gasteiger partial charge in [-0.15, -0.1) is 0 Å². The Morgan fingerprint density at radius 2 is 1.12 bits per heavy atom. The number of unbranched alkanes of at least 4 members (excludes halogenated alkanes) is 9. The molecule has 290 valence electrons. The van der Waals surface area contributed by atoms with E-state index in [-0.39, 0.29) is 62.1 Å². The second-order valence-electron chi connectivity index (χ2n) is 12.1. The first-order valence-corrected chi connectivity index (χ1v) is 18.4. The van der Waals surface area contributed by atoms with Crippen LogP contribution in [0, 0.1) is 17.8 Å². The molecule has 14 nitrogen and oxygen atoms in total. The minimum Gasteiger partial charge on any atom is -0.726 e. The van der Waals surface area contributed by atoms with Gasteiger partial charge in [0.1, 0.15) is 24.4 Å². The molecule has 10 N–H and O–H groups in total. The van der Waals surface area contributed by atoms with E-state index in [2.05, 4.69) is 31.9 Å². The molecule has 0 heterocycles. The van der Waals surface area contributed by atoms with Crippen LogP contribution in [0.2, 0.25) is 0 Å². The van der Waals surface area contributed by atoms with Gasteiger partial charge in [0.05, 0.1) is 39.1 Å². The molecule has 5 atom stereocenters. The molecular formula is C32H71NaO14S. The number of aliphatic hydroxyl groups excluding tert-OH is 10. The minimum absolute atomic E-state index is 0. The van der Waals surface area contributed by atoms with Crippen molar-refractivity contribution in [2.45, 2.75) is 149 Å². The van der Waals surface area contributed by atoms with Crippen LogP contribution in [0.4, 0.5) is 0 Å². The van der Waals surface area contributed by atoms with E-state index in [1.54, 1.807) is 6.92 Å². The zero-order valence-corrected chi connectivity index (χ0v) is 33.4. The first kappa shape index (κ1) is 57.8. The molecule has 1 saturated carbocycles. The predicted octanol–water partition coefficient (Wildman–Crippen LogP) is -1.79. The van der Waals surface area contributed by atoms with E-state index in [0.717, 1.165) is 25.2 Å². The monoisotopic (exact) mass is 734 g/mol. The van der Waals surface area contributed by atoms with Gasteiger partial charge in [-0.05, 0) is 43.9 Å². The first-order valence-electron chi connectivity index (χ1n) is 17.1. The molecule has 5 unspecified atom stereocenters. The molecule has 0 radical (unpaired) electrons. The SMILES string of the molecule is CC1CCC(C(C)C)C(O)C1.CCCCCCCCCCCCOS(=O)(=O)[O-].CCO.OCC(O)C(O)C(O)CO.OCC(O)CO.[Na+]. The fourth-order valence-corrected chi connectivity index (χ4v) is 4.75. The molecule has 0 aromatic rings. The second-order valence-corrected chi connectivity index (χ2v) is 13.2. The molecule has 1 rings (SSSR count). The first-order chi connectivity index (χ1) is 22.0. The van der Waals surface area contributed by atoms with Crippen molar-refractivity contribution in [1.82, 2.24) is 0 Å². The molecule has 1 aliphatic rings. The van der Waals surface area contributed by atoms with E-state index in [9.17, 15) is 18.1 Å². The number of hydrogen-bond acceptors (Lipinski definition) is 14. The quantitative estimate of drug-likeness (QED) is 0.0304. The fourth-order valence-electron chi connectivity index (χ4n) is 4.43. The van der Waals surface area contributed by atoms with Crippen LogP contribution >= 0.6 is 0 Å². The summed E-state index contributed by atoms with van der Waals surface area (Å²) < 4.78 is 34.5. The van der Waals surface area contributed by atoms with Crippen molar-refractivity contribution in [2.24, 2.45) is 17.8 Å². The molecule has 1 fully saturated rings. The van der Waals surface area contributed by atoms with Crippen LogP contribution in [0.25, 0.3) is 0 Å². The van der Waals surface area contributed by atoms with Crippen molar-refractivity contribution in [3.8, 4) is 0 Å². The third-order valence-electron chi connectivity index (χ3n) is 7.30. The van der Waals surface area contributed by atoms with Gasteiger partial charge in [-0.3, -0.25) is 4.18 Å². The number of rotatable bonds is 19. The summed E-state index contributed by atoms with van der Waals surface area (Å²) in [7, 11) is -4.48. The van der Waals surface area contributed by atoms with Gasteiger partial charge in [-0.25, -0.2) is 8.42 Å². The van der Waals surface area contributed by atoms with Gasteiger partial charge in [0, 0.05) is 6.61 Å². The third-order valence-corrected chi connectivity index (χ3v) is 7.75. The summed E-state index contributed by atoms with van der Waals surface area (Å²) in [6, 6.07) is 0. The minimum atomic E-state index is -4.48. The van der Waals surface area contributed by atoms with Crippen molar-refractivity contribution < 1.29 is 97.8 Å². The summed E-state index contributed by atoms with van der Waals surface area (Å²) in [6.07, 6.45) is 9.97. The van der Waals surface area contributed by atoms with Crippen LogP contribution in [0.15, 0.2) is 0 Å².